The number of benzene rings is 1. The molecule has 4 aliphatic rings. The monoisotopic (exact) mass is 449 g/mol. The molecule has 0 heterocycles. The van der Waals surface area contributed by atoms with E-state index in [1.807, 2.05) is 13.0 Å². The normalized spacial score (nSPS) is 28.6. The molecule has 0 aliphatic heterocycles. The second kappa shape index (κ2) is 9.99. The van der Waals surface area contributed by atoms with E-state index in [1.54, 1.807) is 24.3 Å². The average molecular weight is 450 g/mol. The van der Waals surface area contributed by atoms with Gasteiger partial charge in [0.25, 0.3) is 5.91 Å². The van der Waals surface area contributed by atoms with Crippen LogP contribution in [0.1, 0.15) is 75.6 Å². The Morgan fingerprint density at radius 1 is 1.18 bits per heavy atom. The molecular formula is C27H35N3O3. The maximum absolute atomic E-state index is 13.0. The summed E-state index contributed by atoms with van der Waals surface area (Å²) in [7, 11) is 0. The fraction of sp³-hybridized carbons (Fsp3) is 0.593. The lowest BCUT2D eigenvalue weighted by molar-refractivity contribution is -0.122. The van der Waals surface area contributed by atoms with Crippen molar-refractivity contribution >= 4 is 17.6 Å². The van der Waals surface area contributed by atoms with Crippen LogP contribution in [0.3, 0.4) is 0 Å². The molecule has 4 aliphatic carbocycles. The van der Waals surface area contributed by atoms with Gasteiger partial charge < -0.3 is 15.4 Å². The van der Waals surface area contributed by atoms with Crippen LogP contribution >= 0.6 is 0 Å². The number of ether oxygens (including phenoxy) is 1. The number of nitrogens with one attached hydrogen (secondary N) is 2. The zero-order valence-electron chi connectivity index (χ0n) is 19.7. The van der Waals surface area contributed by atoms with Crippen molar-refractivity contribution < 1.29 is 14.3 Å². The molecule has 1 unspecified atom stereocenters. The first kappa shape index (κ1) is 23.4. The minimum Gasteiger partial charge on any atom is -0.462 e. The Hall–Kier alpha value is -2.81. The second-order valence-electron chi connectivity index (χ2n) is 10.3. The summed E-state index contributed by atoms with van der Waals surface area (Å²) in [5, 5.41) is 15.7. The Kier molecular flexibility index (Phi) is 7.07. The molecule has 4 bridgehead atoms. The van der Waals surface area contributed by atoms with E-state index in [4.69, 9.17) is 4.74 Å². The van der Waals surface area contributed by atoms with Crippen molar-refractivity contribution in [2.45, 2.75) is 71.3 Å². The van der Waals surface area contributed by atoms with Crippen LogP contribution < -0.4 is 10.6 Å². The lowest BCUT2D eigenvalue weighted by atomic mass is 9.48. The minimum atomic E-state index is -0.418. The number of unbranched alkanes of at least 4 members (excludes halogenated alkanes) is 1. The highest BCUT2D eigenvalue weighted by atomic mass is 16.5. The summed E-state index contributed by atoms with van der Waals surface area (Å²) >= 11 is 0. The molecule has 0 spiro atoms. The molecule has 6 nitrogen and oxygen atoms in total. The number of hydrogen-bond acceptors (Lipinski definition) is 5. The van der Waals surface area contributed by atoms with Gasteiger partial charge in [-0.3, -0.25) is 4.79 Å². The van der Waals surface area contributed by atoms with Gasteiger partial charge in [-0.15, -0.1) is 0 Å². The third-order valence-electron chi connectivity index (χ3n) is 7.97. The zero-order chi connectivity index (χ0) is 23.4. The minimum absolute atomic E-state index is 0.000678. The molecule has 1 aromatic carbocycles. The predicted molar refractivity (Wildman–Crippen MR) is 127 cm³/mol. The Labute approximate surface area is 196 Å². The summed E-state index contributed by atoms with van der Waals surface area (Å²) in [5.74, 6) is 1.63. The van der Waals surface area contributed by atoms with Crippen molar-refractivity contribution in [3.63, 3.8) is 0 Å². The van der Waals surface area contributed by atoms with Crippen molar-refractivity contribution in [3.8, 4) is 6.07 Å². The van der Waals surface area contributed by atoms with E-state index in [0.29, 0.717) is 17.9 Å². The van der Waals surface area contributed by atoms with E-state index in [-0.39, 0.29) is 22.9 Å². The summed E-state index contributed by atoms with van der Waals surface area (Å²) in [6, 6.07) is 9.01. The Bertz CT molecular complexity index is 926. The van der Waals surface area contributed by atoms with Crippen molar-refractivity contribution in [1.82, 2.24) is 5.32 Å². The van der Waals surface area contributed by atoms with Gasteiger partial charge in [0.15, 0.2) is 0 Å². The van der Waals surface area contributed by atoms with E-state index >= 15 is 0 Å². The summed E-state index contributed by atoms with van der Waals surface area (Å²) in [6.45, 7) is 4.51. The summed E-state index contributed by atoms with van der Waals surface area (Å²) in [5.41, 5.74) is 1.06. The average Bonchev–Trinajstić information content (AvgIpc) is 2.79. The van der Waals surface area contributed by atoms with Crippen LogP contribution in [0.4, 0.5) is 5.69 Å². The molecular weight excluding hydrogens is 414 g/mol. The van der Waals surface area contributed by atoms with E-state index < -0.39 is 5.97 Å². The number of carbonyl (C=O) groups excluding carboxylic acids is 2. The molecule has 5 rings (SSSR count). The number of anilines is 1. The lowest BCUT2D eigenvalue weighted by Crippen LogP contribution is -2.56. The van der Waals surface area contributed by atoms with Crippen molar-refractivity contribution in [3.05, 3.63) is 41.6 Å². The number of carbonyl (C=O) groups is 2. The summed E-state index contributed by atoms with van der Waals surface area (Å²) < 4.78 is 5.32. The van der Waals surface area contributed by atoms with Gasteiger partial charge in [0.2, 0.25) is 0 Å². The summed E-state index contributed by atoms with van der Waals surface area (Å²) in [6.07, 6.45) is 10.8. The van der Waals surface area contributed by atoms with Gasteiger partial charge in [0.1, 0.15) is 11.6 Å². The Morgan fingerprint density at radius 2 is 1.82 bits per heavy atom. The van der Waals surface area contributed by atoms with Crippen LogP contribution in [0.15, 0.2) is 36.0 Å². The predicted octanol–water partition coefficient (Wildman–Crippen LogP) is 5.18. The van der Waals surface area contributed by atoms with Crippen LogP contribution in [-0.2, 0) is 9.53 Å². The number of amides is 1. The highest BCUT2D eigenvalue weighted by Gasteiger charge is 2.53. The molecule has 33 heavy (non-hydrogen) atoms. The largest absolute Gasteiger partial charge is 0.462 e. The summed E-state index contributed by atoms with van der Waals surface area (Å²) in [4.78, 5) is 25.4. The molecule has 0 radical (unpaired) electrons. The van der Waals surface area contributed by atoms with E-state index in [2.05, 4.69) is 17.6 Å². The highest BCUT2D eigenvalue weighted by molar-refractivity contribution is 5.99. The van der Waals surface area contributed by atoms with Crippen molar-refractivity contribution in [2.75, 3.05) is 11.9 Å². The third kappa shape index (κ3) is 5.08. The molecule has 176 valence electrons. The molecule has 0 saturated heterocycles. The fourth-order valence-corrected chi connectivity index (χ4v) is 6.61. The van der Waals surface area contributed by atoms with Crippen molar-refractivity contribution in [2.24, 2.45) is 23.2 Å². The van der Waals surface area contributed by atoms with Crippen molar-refractivity contribution in [1.29, 1.82) is 5.26 Å². The zero-order valence-corrected chi connectivity index (χ0v) is 19.7. The van der Waals surface area contributed by atoms with Crippen LogP contribution in [0.5, 0.6) is 0 Å². The van der Waals surface area contributed by atoms with Gasteiger partial charge in [-0.25, -0.2) is 4.79 Å². The molecule has 0 aromatic heterocycles. The van der Waals surface area contributed by atoms with Gasteiger partial charge in [-0.2, -0.15) is 5.26 Å². The maximum Gasteiger partial charge on any atom is 0.340 e. The SMILES string of the molecule is CCCCOC(=O)c1ccccc1N/C=C(/C#N)C(=O)NC(C)C12CC3CC(CC(C3)C1)C2. The van der Waals surface area contributed by atoms with Crippen LogP contribution in [-0.4, -0.2) is 24.5 Å². The number of hydrogen-bond donors (Lipinski definition) is 2. The first-order valence-electron chi connectivity index (χ1n) is 12.4. The topological polar surface area (TPSA) is 91.2 Å². The maximum atomic E-state index is 13.0. The Balaban J connectivity index is 1.41. The number of rotatable bonds is 9. The molecule has 1 aromatic rings. The molecule has 1 atom stereocenters. The molecule has 4 fully saturated rings. The quantitative estimate of drug-likeness (QED) is 0.234. The first-order valence-corrected chi connectivity index (χ1v) is 12.4. The second-order valence-corrected chi connectivity index (χ2v) is 10.3. The smallest absolute Gasteiger partial charge is 0.340 e. The van der Waals surface area contributed by atoms with Gasteiger partial charge in [-0.05, 0) is 87.2 Å². The number of nitrogens with zero attached hydrogens (tertiary/aromatic N) is 1. The van der Waals surface area contributed by atoms with Gasteiger partial charge in [0.05, 0.1) is 17.9 Å². The third-order valence-corrected chi connectivity index (χ3v) is 7.97. The molecule has 1 amide bonds. The number of para-hydroxylation sites is 1. The van der Waals surface area contributed by atoms with E-state index in [1.165, 1.54) is 44.7 Å². The van der Waals surface area contributed by atoms with E-state index in [9.17, 15) is 14.9 Å². The standard InChI is InChI=1S/C27H35N3O3/c1-3-4-9-33-26(32)23-7-5-6-8-24(23)29-17-22(16-28)25(31)30-18(2)27-13-19-10-20(14-27)12-21(11-19)15-27/h5-8,17-21,29H,3-4,9-15H2,1-2H3,(H,30,31)/b22-17-. The molecule has 4 saturated carbocycles. The van der Waals surface area contributed by atoms with Gasteiger partial charge in [0, 0.05) is 12.2 Å². The number of nitriles is 1. The van der Waals surface area contributed by atoms with Gasteiger partial charge in [-0.1, -0.05) is 25.5 Å². The lowest BCUT2D eigenvalue weighted by Gasteiger charge is -2.59. The highest BCUT2D eigenvalue weighted by Crippen LogP contribution is 2.61. The van der Waals surface area contributed by atoms with Crippen LogP contribution in [0.2, 0.25) is 0 Å². The van der Waals surface area contributed by atoms with E-state index in [0.717, 1.165) is 30.6 Å². The Morgan fingerprint density at radius 3 is 2.42 bits per heavy atom. The fourth-order valence-electron chi connectivity index (χ4n) is 6.61. The van der Waals surface area contributed by atoms with Crippen LogP contribution in [0, 0.1) is 34.5 Å². The van der Waals surface area contributed by atoms with Gasteiger partial charge >= 0.3 is 5.97 Å². The van der Waals surface area contributed by atoms with Crippen LogP contribution in [0.25, 0.3) is 0 Å². The number of esters is 1. The molecule has 2 N–H and O–H groups in total. The molecule has 6 heteroatoms. The first-order chi connectivity index (χ1) is 15.9.